The van der Waals surface area contributed by atoms with Crippen LogP contribution in [-0.2, 0) is 4.79 Å². The van der Waals surface area contributed by atoms with Crippen molar-refractivity contribution in [3.63, 3.8) is 0 Å². The lowest BCUT2D eigenvalue weighted by atomic mass is 9.91. The van der Waals surface area contributed by atoms with Crippen molar-refractivity contribution < 1.29 is 14.0 Å². The molecule has 1 aliphatic heterocycles. The molecule has 2 aromatic rings. The third-order valence-corrected chi connectivity index (χ3v) is 5.81. The summed E-state index contributed by atoms with van der Waals surface area (Å²) in [6.45, 7) is 9.78. The first-order valence-corrected chi connectivity index (χ1v) is 10.6. The Morgan fingerprint density at radius 3 is 2.14 bits per heavy atom. The third-order valence-electron chi connectivity index (χ3n) is 5.81. The van der Waals surface area contributed by atoms with E-state index in [1.165, 1.54) is 11.8 Å². The van der Waals surface area contributed by atoms with Gasteiger partial charge in [-0.05, 0) is 47.9 Å². The van der Waals surface area contributed by atoms with Crippen LogP contribution in [0.15, 0.2) is 47.1 Å². The molecule has 0 radical (unpaired) electrons. The standard InChI is InChI=1S/C24H32N2O3/c1-16(2)18-7-9-19(10-8-18)22(17(3)4)25-23(27)20-11-13-26(14-12-20)24(28)21-6-5-15-29-21/h5-10,15-17,20,22H,11-14H2,1-4H3,(H,25,27)/t22-/m1/s1. The van der Waals surface area contributed by atoms with Crippen molar-refractivity contribution in [2.45, 2.75) is 52.5 Å². The molecule has 1 aromatic heterocycles. The SMILES string of the molecule is CC(C)c1ccc([C@H](NC(=O)C2CCN(C(=O)c3ccco3)CC2)C(C)C)cc1. The van der Waals surface area contributed by atoms with E-state index in [9.17, 15) is 9.59 Å². The predicted octanol–water partition coefficient (Wildman–Crippen LogP) is 4.77. The van der Waals surface area contributed by atoms with Crippen molar-refractivity contribution in [3.8, 4) is 0 Å². The van der Waals surface area contributed by atoms with Gasteiger partial charge in [0.25, 0.3) is 5.91 Å². The summed E-state index contributed by atoms with van der Waals surface area (Å²) in [7, 11) is 0. The second kappa shape index (κ2) is 9.29. The lowest BCUT2D eigenvalue weighted by molar-refractivity contribution is -0.127. The summed E-state index contributed by atoms with van der Waals surface area (Å²) in [4.78, 5) is 27.1. The number of benzene rings is 1. The highest BCUT2D eigenvalue weighted by molar-refractivity contribution is 5.91. The highest BCUT2D eigenvalue weighted by Gasteiger charge is 2.30. The number of rotatable bonds is 6. The van der Waals surface area contributed by atoms with Crippen molar-refractivity contribution in [1.29, 1.82) is 0 Å². The molecule has 5 nitrogen and oxygen atoms in total. The van der Waals surface area contributed by atoms with Crippen LogP contribution in [0.4, 0.5) is 0 Å². The van der Waals surface area contributed by atoms with Crippen LogP contribution in [0.2, 0.25) is 0 Å². The van der Waals surface area contributed by atoms with Gasteiger partial charge in [-0.1, -0.05) is 52.0 Å². The number of hydrogen-bond acceptors (Lipinski definition) is 3. The molecular formula is C24H32N2O3. The van der Waals surface area contributed by atoms with E-state index in [1.54, 1.807) is 17.0 Å². The molecule has 3 rings (SSSR count). The Hall–Kier alpha value is -2.56. The molecule has 1 N–H and O–H groups in total. The van der Waals surface area contributed by atoms with Gasteiger partial charge in [-0.3, -0.25) is 9.59 Å². The van der Waals surface area contributed by atoms with Gasteiger partial charge in [-0.25, -0.2) is 0 Å². The van der Waals surface area contributed by atoms with Crippen LogP contribution < -0.4 is 5.32 Å². The van der Waals surface area contributed by atoms with Crippen molar-refractivity contribution in [2.75, 3.05) is 13.1 Å². The first-order valence-electron chi connectivity index (χ1n) is 10.6. The zero-order chi connectivity index (χ0) is 21.0. The third kappa shape index (κ3) is 5.08. The molecule has 2 amide bonds. The molecule has 0 unspecified atom stereocenters. The Morgan fingerprint density at radius 1 is 1.00 bits per heavy atom. The smallest absolute Gasteiger partial charge is 0.289 e. The Bertz CT molecular complexity index is 801. The molecule has 5 heteroatoms. The second-order valence-corrected chi connectivity index (χ2v) is 8.60. The zero-order valence-corrected chi connectivity index (χ0v) is 17.9. The van der Waals surface area contributed by atoms with Crippen LogP contribution in [0.1, 0.15) is 74.2 Å². The van der Waals surface area contributed by atoms with Gasteiger partial charge in [0.2, 0.25) is 5.91 Å². The monoisotopic (exact) mass is 396 g/mol. The van der Waals surface area contributed by atoms with Crippen LogP contribution in [0, 0.1) is 11.8 Å². The normalized spacial score (nSPS) is 16.3. The quantitative estimate of drug-likeness (QED) is 0.765. The first-order chi connectivity index (χ1) is 13.9. The summed E-state index contributed by atoms with van der Waals surface area (Å²) in [5, 5.41) is 3.26. The highest BCUT2D eigenvalue weighted by atomic mass is 16.3. The summed E-state index contributed by atoms with van der Waals surface area (Å²) in [5.41, 5.74) is 2.44. The predicted molar refractivity (Wildman–Crippen MR) is 114 cm³/mol. The molecule has 0 spiro atoms. The molecule has 1 atom stereocenters. The van der Waals surface area contributed by atoms with Crippen LogP contribution in [0.3, 0.4) is 0 Å². The number of carbonyl (C=O) groups is 2. The topological polar surface area (TPSA) is 62.6 Å². The minimum Gasteiger partial charge on any atom is -0.459 e. The van der Waals surface area contributed by atoms with Gasteiger partial charge < -0.3 is 14.6 Å². The Labute approximate surface area is 173 Å². The molecule has 2 heterocycles. The van der Waals surface area contributed by atoms with Crippen molar-refractivity contribution in [2.24, 2.45) is 11.8 Å². The van der Waals surface area contributed by atoms with E-state index in [-0.39, 0.29) is 23.8 Å². The maximum atomic E-state index is 12.9. The number of furan rings is 1. The van der Waals surface area contributed by atoms with E-state index in [0.29, 0.717) is 43.5 Å². The fraction of sp³-hybridized carbons (Fsp3) is 0.500. The average molecular weight is 397 g/mol. The zero-order valence-electron chi connectivity index (χ0n) is 17.9. The maximum absolute atomic E-state index is 12.9. The molecule has 1 fully saturated rings. The molecule has 0 saturated carbocycles. The number of carbonyl (C=O) groups excluding carboxylic acids is 2. The van der Waals surface area contributed by atoms with Gasteiger partial charge >= 0.3 is 0 Å². The first kappa shape index (κ1) is 21.2. The van der Waals surface area contributed by atoms with Crippen LogP contribution in [0.5, 0.6) is 0 Å². The molecule has 1 saturated heterocycles. The number of nitrogens with zero attached hydrogens (tertiary/aromatic N) is 1. The molecule has 1 aromatic carbocycles. The minimum atomic E-state index is -0.0980. The van der Waals surface area contributed by atoms with Crippen LogP contribution >= 0.6 is 0 Å². The lowest BCUT2D eigenvalue weighted by Crippen LogP contribution is -2.44. The summed E-state index contributed by atoms with van der Waals surface area (Å²) in [6.07, 6.45) is 2.86. The number of piperidine rings is 1. The molecule has 0 bridgehead atoms. The van der Waals surface area contributed by atoms with Crippen molar-refractivity contribution >= 4 is 11.8 Å². The Balaban J connectivity index is 1.59. The Kier molecular flexibility index (Phi) is 6.78. The van der Waals surface area contributed by atoms with Crippen LogP contribution in [-0.4, -0.2) is 29.8 Å². The van der Waals surface area contributed by atoms with Gasteiger partial charge in [-0.2, -0.15) is 0 Å². The molecule has 1 aliphatic rings. The van der Waals surface area contributed by atoms with Crippen molar-refractivity contribution in [1.82, 2.24) is 10.2 Å². The van der Waals surface area contributed by atoms with E-state index in [2.05, 4.69) is 57.3 Å². The lowest BCUT2D eigenvalue weighted by Gasteiger charge is -2.32. The fourth-order valence-electron chi connectivity index (χ4n) is 3.90. The van der Waals surface area contributed by atoms with Crippen LogP contribution in [0.25, 0.3) is 0 Å². The van der Waals surface area contributed by atoms with E-state index < -0.39 is 0 Å². The largest absolute Gasteiger partial charge is 0.459 e. The average Bonchev–Trinajstić information content (AvgIpc) is 3.26. The molecule has 156 valence electrons. The van der Waals surface area contributed by atoms with Crippen molar-refractivity contribution in [3.05, 3.63) is 59.5 Å². The second-order valence-electron chi connectivity index (χ2n) is 8.60. The van der Waals surface area contributed by atoms with E-state index >= 15 is 0 Å². The summed E-state index contributed by atoms with van der Waals surface area (Å²) >= 11 is 0. The molecule has 29 heavy (non-hydrogen) atoms. The number of hydrogen-bond donors (Lipinski definition) is 1. The summed E-state index contributed by atoms with van der Waals surface area (Å²) < 4.78 is 5.20. The molecule has 0 aliphatic carbocycles. The number of likely N-dealkylation sites (tertiary alicyclic amines) is 1. The number of nitrogens with one attached hydrogen (secondary N) is 1. The van der Waals surface area contributed by atoms with Gasteiger partial charge in [0.05, 0.1) is 12.3 Å². The van der Waals surface area contributed by atoms with Gasteiger partial charge in [-0.15, -0.1) is 0 Å². The molecular weight excluding hydrogens is 364 g/mol. The van der Waals surface area contributed by atoms with Gasteiger partial charge in [0.15, 0.2) is 5.76 Å². The highest BCUT2D eigenvalue weighted by Crippen LogP contribution is 2.26. The maximum Gasteiger partial charge on any atom is 0.289 e. The van der Waals surface area contributed by atoms with E-state index in [1.807, 2.05) is 0 Å². The van der Waals surface area contributed by atoms with Gasteiger partial charge in [0.1, 0.15) is 0 Å². The van der Waals surface area contributed by atoms with E-state index in [0.717, 1.165) is 5.56 Å². The Morgan fingerprint density at radius 2 is 1.62 bits per heavy atom. The van der Waals surface area contributed by atoms with Gasteiger partial charge in [0, 0.05) is 19.0 Å². The fourth-order valence-corrected chi connectivity index (χ4v) is 3.90. The summed E-state index contributed by atoms with van der Waals surface area (Å²) in [6, 6.07) is 12.0. The minimum absolute atomic E-state index is 0.00788. The number of amides is 2. The van der Waals surface area contributed by atoms with E-state index in [4.69, 9.17) is 4.42 Å². The summed E-state index contributed by atoms with van der Waals surface area (Å²) in [5.74, 6) is 1.07.